The van der Waals surface area contributed by atoms with Gasteiger partial charge in [0.25, 0.3) is 0 Å². The second kappa shape index (κ2) is 4.61. The van der Waals surface area contributed by atoms with E-state index in [1.54, 1.807) is 6.20 Å². The van der Waals surface area contributed by atoms with Gasteiger partial charge >= 0.3 is 0 Å². The van der Waals surface area contributed by atoms with Gasteiger partial charge in [-0.1, -0.05) is 13.0 Å². The van der Waals surface area contributed by atoms with E-state index in [1.807, 2.05) is 31.3 Å². The van der Waals surface area contributed by atoms with Gasteiger partial charge in [-0.2, -0.15) is 5.10 Å². The molecule has 2 aromatic heterocycles. The summed E-state index contributed by atoms with van der Waals surface area (Å²) in [4.78, 5) is 14.7. The van der Waals surface area contributed by atoms with Crippen LogP contribution in [0.3, 0.4) is 0 Å². The summed E-state index contributed by atoms with van der Waals surface area (Å²) in [5.74, 6) is 0.0148. The minimum Gasteiger partial charge on any atom is -0.354 e. The zero-order valence-electron chi connectivity index (χ0n) is 10.5. The Morgan fingerprint density at radius 1 is 1.37 bits per heavy atom. The van der Waals surface area contributed by atoms with E-state index in [-0.39, 0.29) is 5.91 Å². The van der Waals surface area contributed by atoms with Crippen molar-refractivity contribution in [1.29, 1.82) is 0 Å². The summed E-state index contributed by atoms with van der Waals surface area (Å²) < 4.78 is 0. The highest BCUT2D eigenvalue weighted by atomic mass is 16.1. The van der Waals surface area contributed by atoms with Crippen LogP contribution in [-0.2, 0) is 4.79 Å². The first kappa shape index (κ1) is 11.5. The van der Waals surface area contributed by atoms with Crippen LogP contribution in [0.5, 0.6) is 0 Å². The third-order valence-electron chi connectivity index (χ3n) is 3.04. The second-order valence-electron chi connectivity index (χ2n) is 4.37. The molecule has 0 aliphatic rings. The van der Waals surface area contributed by atoms with Crippen molar-refractivity contribution in [2.24, 2.45) is 0 Å². The molecule has 0 aliphatic carbocycles. The van der Waals surface area contributed by atoms with Crippen LogP contribution in [0.25, 0.3) is 22.2 Å². The van der Waals surface area contributed by atoms with Crippen molar-refractivity contribution < 1.29 is 4.79 Å². The molecule has 0 radical (unpaired) electrons. The molecule has 96 valence electrons. The van der Waals surface area contributed by atoms with Gasteiger partial charge in [-0.15, -0.1) is 0 Å². The van der Waals surface area contributed by atoms with E-state index in [1.165, 1.54) is 0 Å². The SMILES string of the molecule is CCC(=O)Nc1ccc2cc(-c3cn[nH]c3)[nH]c2c1. The molecule has 3 aromatic rings. The summed E-state index contributed by atoms with van der Waals surface area (Å²) in [6, 6.07) is 7.89. The summed E-state index contributed by atoms with van der Waals surface area (Å²) in [6.07, 6.45) is 4.08. The quantitative estimate of drug-likeness (QED) is 0.672. The van der Waals surface area contributed by atoms with Gasteiger partial charge in [0, 0.05) is 40.5 Å². The van der Waals surface area contributed by atoms with E-state index in [9.17, 15) is 4.79 Å². The zero-order valence-corrected chi connectivity index (χ0v) is 10.5. The third-order valence-corrected chi connectivity index (χ3v) is 3.04. The molecule has 5 nitrogen and oxygen atoms in total. The van der Waals surface area contributed by atoms with E-state index in [0.29, 0.717) is 6.42 Å². The molecular weight excluding hydrogens is 240 g/mol. The Kier molecular flexibility index (Phi) is 2.79. The van der Waals surface area contributed by atoms with Crippen LogP contribution in [0.4, 0.5) is 5.69 Å². The van der Waals surface area contributed by atoms with Crippen molar-refractivity contribution in [3.63, 3.8) is 0 Å². The van der Waals surface area contributed by atoms with Crippen LogP contribution < -0.4 is 5.32 Å². The highest BCUT2D eigenvalue weighted by Gasteiger charge is 2.06. The van der Waals surface area contributed by atoms with Gasteiger partial charge in [-0.25, -0.2) is 0 Å². The smallest absolute Gasteiger partial charge is 0.224 e. The largest absolute Gasteiger partial charge is 0.354 e. The maximum absolute atomic E-state index is 11.4. The van der Waals surface area contributed by atoms with Crippen molar-refractivity contribution in [2.45, 2.75) is 13.3 Å². The van der Waals surface area contributed by atoms with E-state index >= 15 is 0 Å². The van der Waals surface area contributed by atoms with Crippen LogP contribution in [0.15, 0.2) is 36.7 Å². The Morgan fingerprint density at radius 3 is 3.00 bits per heavy atom. The topological polar surface area (TPSA) is 73.6 Å². The molecule has 3 rings (SSSR count). The molecule has 0 atom stereocenters. The molecule has 3 N–H and O–H groups in total. The predicted octanol–water partition coefficient (Wildman–Crippen LogP) is 2.91. The number of amides is 1. The average Bonchev–Trinajstić information content (AvgIpc) is 3.06. The van der Waals surface area contributed by atoms with Crippen LogP contribution in [0, 0.1) is 0 Å². The molecule has 0 bridgehead atoms. The molecule has 2 heterocycles. The fraction of sp³-hybridized carbons (Fsp3) is 0.143. The molecule has 0 unspecified atom stereocenters. The standard InChI is InChI=1S/C14H14N4O/c1-2-14(19)17-11-4-3-9-5-12(18-13(9)6-11)10-7-15-16-8-10/h3-8,18H,2H2,1H3,(H,15,16)(H,17,19). The van der Waals surface area contributed by atoms with Gasteiger partial charge in [0.1, 0.15) is 0 Å². The van der Waals surface area contributed by atoms with Crippen LogP contribution >= 0.6 is 0 Å². The molecule has 1 amide bonds. The number of nitrogens with zero attached hydrogens (tertiary/aromatic N) is 1. The zero-order chi connectivity index (χ0) is 13.2. The van der Waals surface area contributed by atoms with Gasteiger partial charge < -0.3 is 10.3 Å². The molecule has 0 aliphatic heterocycles. The molecule has 0 saturated carbocycles. The maximum atomic E-state index is 11.4. The van der Waals surface area contributed by atoms with Gasteiger partial charge in [0.15, 0.2) is 0 Å². The summed E-state index contributed by atoms with van der Waals surface area (Å²) in [7, 11) is 0. The molecule has 0 spiro atoms. The van der Waals surface area contributed by atoms with Crippen molar-refractivity contribution >= 4 is 22.5 Å². The maximum Gasteiger partial charge on any atom is 0.224 e. The lowest BCUT2D eigenvalue weighted by Gasteiger charge is -2.02. The van der Waals surface area contributed by atoms with E-state index in [4.69, 9.17) is 0 Å². The first-order valence-corrected chi connectivity index (χ1v) is 6.18. The molecule has 0 fully saturated rings. The fourth-order valence-corrected chi connectivity index (χ4v) is 2.01. The Labute approximate surface area is 110 Å². The van der Waals surface area contributed by atoms with Gasteiger partial charge in [-0.05, 0) is 18.2 Å². The van der Waals surface area contributed by atoms with Gasteiger partial charge in [0.05, 0.1) is 6.20 Å². The number of H-pyrrole nitrogens is 2. The Balaban J connectivity index is 1.97. The Morgan fingerprint density at radius 2 is 2.26 bits per heavy atom. The number of hydrogen-bond donors (Lipinski definition) is 3. The lowest BCUT2D eigenvalue weighted by atomic mass is 10.2. The van der Waals surface area contributed by atoms with Gasteiger partial charge in [0.2, 0.25) is 5.91 Å². The molecule has 0 saturated heterocycles. The summed E-state index contributed by atoms with van der Waals surface area (Å²) >= 11 is 0. The van der Waals surface area contributed by atoms with Crippen LogP contribution in [0.1, 0.15) is 13.3 Å². The van der Waals surface area contributed by atoms with Crippen molar-refractivity contribution in [1.82, 2.24) is 15.2 Å². The molecule has 19 heavy (non-hydrogen) atoms. The number of hydrogen-bond acceptors (Lipinski definition) is 2. The van der Waals surface area contributed by atoms with Gasteiger partial charge in [-0.3, -0.25) is 9.89 Å². The highest BCUT2D eigenvalue weighted by Crippen LogP contribution is 2.25. The van der Waals surface area contributed by atoms with Crippen LogP contribution in [-0.4, -0.2) is 21.1 Å². The molecular formula is C14H14N4O. The number of carbonyl (C=O) groups is 1. The predicted molar refractivity (Wildman–Crippen MR) is 74.8 cm³/mol. The minimum atomic E-state index is 0.0148. The highest BCUT2D eigenvalue weighted by molar-refractivity contribution is 5.94. The number of aromatic nitrogens is 3. The number of rotatable bonds is 3. The number of carbonyl (C=O) groups excluding carboxylic acids is 1. The van der Waals surface area contributed by atoms with E-state index < -0.39 is 0 Å². The molecule has 5 heteroatoms. The Hall–Kier alpha value is -2.56. The fourth-order valence-electron chi connectivity index (χ4n) is 2.01. The monoisotopic (exact) mass is 254 g/mol. The van der Waals surface area contributed by atoms with Crippen molar-refractivity contribution in [2.75, 3.05) is 5.32 Å². The van der Waals surface area contributed by atoms with Crippen LogP contribution in [0.2, 0.25) is 0 Å². The number of fused-ring (bicyclic) bond motifs is 1. The lowest BCUT2D eigenvalue weighted by Crippen LogP contribution is -2.08. The first-order valence-electron chi connectivity index (χ1n) is 6.18. The third kappa shape index (κ3) is 2.22. The van der Waals surface area contributed by atoms with Crippen molar-refractivity contribution in [3.8, 4) is 11.3 Å². The number of nitrogens with one attached hydrogen (secondary N) is 3. The Bertz CT molecular complexity index is 712. The number of anilines is 1. The van der Waals surface area contributed by atoms with Crippen molar-refractivity contribution in [3.05, 3.63) is 36.7 Å². The minimum absolute atomic E-state index is 0.0148. The normalized spacial score (nSPS) is 10.8. The summed E-state index contributed by atoms with van der Waals surface area (Å²) in [5, 5.41) is 10.7. The summed E-state index contributed by atoms with van der Waals surface area (Å²) in [5.41, 5.74) is 3.81. The summed E-state index contributed by atoms with van der Waals surface area (Å²) in [6.45, 7) is 1.83. The average molecular weight is 254 g/mol. The first-order chi connectivity index (χ1) is 9.26. The number of benzene rings is 1. The number of aromatic amines is 2. The van der Waals surface area contributed by atoms with E-state index in [2.05, 4.69) is 26.6 Å². The second-order valence-corrected chi connectivity index (χ2v) is 4.37. The van der Waals surface area contributed by atoms with E-state index in [0.717, 1.165) is 27.8 Å². The molecule has 1 aromatic carbocycles. The lowest BCUT2D eigenvalue weighted by molar-refractivity contribution is -0.115.